The first-order valence-electron chi connectivity index (χ1n) is 10.1. The average molecular weight is 515 g/mol. The van der Waals surface area contributed by atoms with Crippen molar-refractivity contribution in [2.45, 2.75) is 23.0 Å². The highest BCUT2D eigenvalue weighted by atomic mass is 32.2. The van der Waals surface area contributed by atoms with Gasteiger partial charge in [0, 0.05) is 19.1 Å². The van der Waals surface area contributed by atoms with Crippen LogP contribution in [-0.4, -0.2) is 51.5 Å². The van der Waals surface area contributed by atoms with E-state index in [1.165, 1.54) is 17.4 Å². The zero-order valence-electron chi connectivity index (χ0n) is 17.8. The van der Waals surface area contributed by atoms with Gasteiger partial charge in [-0.3, -0.25) is 4.79 Å². The molecule has 0 aliphatic rings. The van der Waals surface area contributed by atoms with E-state index in [2.05, 4.69) is 30.5 Å². The van der Waals surface area contributed by atoms with Crippen molar-refractivity contribution in [3.8, 4) is 0 Å². The zero-order valence-corrected chi connectivity index (χ0v) is 20.3. The maximum absolute atomic E-state index is 12.3. The molecule has 174 valence electrons. The fourth-order valence-electron chi connectivity index (χ4n) is 3.22. The van der Waals surface area contributed by atoms with E-state index in [4.69, 9.17) is 4.42 Å². The molecule has 2 aromatic carbocycles. The number of sulfone groups is 1. The lowest BCUT2D eigenvalue weighted by atomic mass is 10.3. The predicted octanol–water partition coefficient (Wildman–Crippen LogP) is 3.48. The molecule has 0 saturated carbocycles. The first kappa shape index (κ1) is 22.5. The van der Waals surface area contributed by atoms with E-state index >= 15 is 0 Å². The molecule has 34 heavy (non-hydrogen) atoms. The number of hydrogen-bond donors (Lipinski definition) is 2. The van der Waals surface area contributed by atoms with Crippen LogP contribution in [-0.2, 0) is 27.5 Å². The van der Waals surface area contributed by atoms with Crippen molar-refractivity contribution < 1.29 is 17.6 Å². The quantitative estimate of drug-likeness (QED) is 0.297. The highest BCUT2D eigenvalue weighted by molar-refractivity contribution is 7.99. The summed E-state index contributed by atoms with van der Waals surface area (Å²) in [5.41, 5.74) is 2.51. The molecule has 0 atom stereocenters. The first-order chi connectivity index (χ1) is 16.3. The lowest BCUT2D eigenvalue weighted by Gasteiger charge is -1.98. The van der Waals surface area contributed by atoms with E-state index in [0.29, 0.717) is 39.3 Å². The summed E-state index contributed by atoms with van der Waals surface area (Å²) in [6.45, 7) is 0. The Labute approximate surface area is 202 Å². The van der Waals surface area contributed by atoms with Crippen LogP contribution in [0.5, 0.6) is 0 Å². The summed E-state index contributed by atoms with van der Waals surface area (Å²) < 4.78 is 29.7. The number of imidazole rings is 1. The minimum atomic E-state index is -3.31. The maximum atomic E-state index is 12.3. The third-order valence-corrected chi connectivity index (χ3v) is 7.69. The summed E-state index contributed by atoms with van der Waals surface area (Å²) >= 11 is 2.34. The number of carbonyl (C=O) groups is 1. The van der Waals surface area contributed by atoms with Gasteiger partial charge >= 0.3 is 0 Å². The lowest BCUT2D eigenvalue weighted by molar-refractivity contribution is -0.113. The molecular weight excluding hydrogens is 496 g/mol. The number of H-pyrrole nitrogens is 1. The van der Waals surface area contributed by atoms with Gasteiger partial charge in [0.2, 0.25) is 11.8 Å². The number of anilines is 1. The van der Waals surface area contributed by atoms with Gasteiger partial charge < -0.3 is 14.7 Å². The van der Waals surface area contributed by atoms with Crippen molar-refractivity contribution in [1.29, 1.82) is 0 Å². The van der Waals surface area contributed by atoms with Gasteiger partial charge in [-0.2, -0.15) is 0 Å². The first-order valence-corrected chi connectivity index (χ1v) is 13.8. The molecule has 5 rings (SSSR count). The number of thiazole rings is 1. The number of carbonyl (C=O) groups excluding carboxylic acids is 1. The van der Waals surface area contributed by atoms with Crippen LogP contribution in [0.15, 0.2) is 57.0 Å². The lowest BCUT2D eigenvalue weighted by Crippen LogP contribution is -2.13. The van der Waals surface area contributed by atoms with Crippen molar-refractivity contribution in [2.75, 3.05) is 17.3 Å². The molecule has 0 bridgehead atoms. The Kier molecular flexibility index (Phi) is 6.06. The van der Waals surface area contributed by atoms with E-state index in [9.17, 15) is 13.2 Å². The van der Waals surface area contributed by atoms with Crippen LogP contribution < -0.4 is 5.32 Å². The number of benzene rings is 2. The van der Waals surface area contributed by atoms with Gasteiger partial charge in [0.25, 0.3) is 5.22 Å². The predicted molar refractivity (Wildman–Crippen MR) is 130 cm³/mol. The topological polar surface area (TPSA) is 144 Å². The van der Waals surface area contributed by atoms with Crippen LogP contribution in [0.2, 0.25) is 0 Å². The van der Waals surface area contributed by atoms with Gasteiger partial charge in [-0.1, -0.05) is 35.2 Å². The van der Waals surface area contributed by atoms with Gasteiger partial charge in [0.05, 0.1) is 31.9 Å². The van der Waals surface area contributed by atoms with Crippen molar-refractivity contribution >= 4 is 65.2 Å². The van der Waals surface area contributed by atoms with Crippen LogP contribution in [0.25, 0.3) is 21.3 Å². The van der Waals surface area contributed by atoms with Crippen molar-refractivity contribution in [3.63, 3.8) is 0 Å². The van der Waals surface area contributed by atoms with Gasteiger partial charge in [-0.25, -0.2) is 18.4 Å². The molecule has 0 saturated heterocycles. The van der Waals surface area contributed by atoms with Crippen LogP contribution in [0.3, 0.4) is 0 Å². The van der Waals surface area contributed by atoms with E-state index in [1.54, 1.807) is 12.1 Å². The highest BCUT2D eigenvalue weighted by Crippen LogP contribution is 2.28. The Balaban J connectivity index is 1.14. The van der Waals surface area contributed by atoms with Crippen LogP contribution in [0.4, 0.5) is 5.13 Å². The minimum Gasteiger partial charge on any atom is -0.416 e. The number of amides is 1. The Morgan fingerprint density at radius 2 is 1.97 bits per heavy atom. The van der Waals surface area contributed by atoms with Crippen LogP contribution in [0, 0.1) is 0 Å². The van der Waals surface area contributed by atoms with Gasteiger partial charge in [0.1, 0.15) is 5.82 Å². The number of para-hydroxylation sites is 2. The monoisotopic (exact) mass is 514 g/mol. The van der Waals surface area contributed by atoms with Gasteiger partial charge in [-0.05, 0) is 30.3 Å². The Morgan fingerprint density at radius 1 is 1.12 bits per heavy atom. The number of nitrogens with zero attached hydrogens (tertiary/aromatic N) is 4. The summed E-state index contributed by atoms with van der Waals surface area (Å²) in [5, 5.41) is 11.4. The van der Waals surface area contributed by atoms with E-state index in [-0.39, 0.29) is 16.6 Å². The van der Waals surface area contributed by atoms with Crippen molar-refractivity contribution in [3.05, 3.63) is 54.2 Å². The third kappa shape index (κ3) is 5.11. The number of aromatic nitrogens is 5. The molecule has 10 nitrogen and oxygen atoms in total. The normalized spacial score (nSPS) is 11.9. The largest absolute Gasteiger partial charge is 0.416 e. The number of thioether (sulfide) groups is 1. The zero-order chi connectivity index (χ0) is 23.7. The molecule has 0 spiro atoms. The van der Waals surface area contributed by atoms with Gasteiger partial charge in [-0.15, -0.1) is 10.2 Å². The third-order valence-electron chi connectivity index (χ3n) is 4.82. The second kappa shape index (κ2) is 9.16. The molecule has 3 aromatic heterocycles. The smallest absolute Gasteiger partial charge is 0.277 e. The number of aryl methyl sites for hydroxylation is 2. The fraction of sp³-hybridized carbons (Fsp3) is 0.190. The van der Waals surface area contributed by atoms with Crippen molar-refractivity contribution in [1.82, 2.24) is 25.1 Å². The van der Waals surface area contributed by atoms with E-state index in [0.717, 1.165) is 34.9 Å². The maximum Gasteiger partial charge on any atom is 0.277 e. The molecule has 0 aliphatic heterocycles. The molecule has 0 fully saturated rings. The molecule has 0 radical (unpaired) electrons. The van der Waals surface area contributed by atoms with Gasteiger partial charge in [0.15, 0.2) is 15.0 Å². The average Bonchev–Trinajstić information content (AvgIpc) is 3.52. The summed E-state index contributed by atoms with van der Waals surface area (Å²) in [7, 11) is -3.31. The summed E-state index contributed by atoms with van der Waals surface area (Å²) in [6.07, 6.45) is 2.30. The van der Waals surface area contributed by atoms with Crippen LogP contribution >= 0.6 is 23.1 Å². The standard InChI is InChI=1S/C21H18N6O4S3/c1-34(29,30)12-6-7-15-16(10-12)33-20(24-15)25-18(28)11-32-21-27-26-19(31-21)9-8-17-22-13-4-2-3-5-14(13)23-17/h2-7,10H,8-9,11H2,1H3,(H,22,23)(H,24,25,28). The second-order valence-electron chi connectivity index (χ2n) is 7.42. The SMILES string of the molecule is CS(=O)(=O)c1ccc2nc(NC(=O)CSc3nnc(CCc4nc5ccccc5[nH]4)o3)sc2c1. The number of hydrogen-bond acceptors (Lipinski definition) is 10. The Hall–Kier alpha value is -3.29. The Morgan fingerprint density at radius 3 is 2.79 bits per heavy atom. The molecule has 13 heteroatoms. The molecule has 1 amide bonds. The minimum absolute atomic E-state index is 0.0652. The van der Waals surface area contributed by atoms with Crippen molar-refractivity contribution in [2.24, 2.45) is 0 Å². The molecule has 2 N–H and O–H groups in total. The van der Waals surface area contributed by atoms with Crippen LogP contribution in [0.1, 0.15) is 11.7 Å². The summed E-state index contributed by atoms with van der Waals surface area (Å²) in [6, 6.07) is 12.5. The molecule has 0 unspecified atom stereocenters. The summed E-state index contributed by atoms with van der Waals surface area (Å²) in [4.78, 5) is 24.7. The number of aromatic amines is 1. The van der Waals surface area contributed by atoms with E-state index in [1.807, 2.05) is 24.3 Å². The van der Waals surface area contributed by atoms with E-state index < -0.39 is 9.84 Å². The highest BCUT2D eigenvalue weighted by Gasteiger charge is 2.14. The molecule has 5 aromatic rings. The molecule has 0 aliphatic carbocycles. The second-order valence-corrected chi connectivity index (χ2v) is 11.4. The Bertz CT molecular complexity index is 1570. The molecular formula is C21H18N6O4S3. The number of rotatable bonds is 8. The number of fused-ring (bicyclic) bond motifs is 2. The molecule has 3 heterocycles. The fourth-order valence-corrected chi connectivity index (χ4v) is 5.44. The summed E-state index contributed by atoms with van der Waals surface area (Å²) in [5.74, 6) is 1.09. The number of nitrogens with one attached hydrogen (secondary N) is 2.